The van der Waals surface area contributed by atoms with Crippen molar-refractivity contribution in [1.82, 2.24) is 0 Å². The molecule has 0 unspecified atom stereocenters. The molecule has 4 rings (SSSR count). The SMILES string of the molecule is O=C(O)COc1c(C(=O)O)sc(-c2cccc(NC3Cc4ccccc4C3)c2)c1Br. The quantitative estimate of drug-likeness (QED) is 0.437. The molecule has 3 N–H and O–H groups in total. The number of carboxylic acid groups (broad SMARTS) is 2. The minimum absolute atomic E-state index is 0.0366. The molecule has 0 amide bonds. The van der Waals surface area contributed by atoms with E-state index in [1.54, 1.807) is 0 Å². The summed E-state index contributed by atoms with van der Waals surface area (Å²) in [5.41, 5.74) is 4.48. The molecule has 6 nitrogen and oxygen atoms in total. The molecule has 1 aliphatic rings. The van der Waals surface area contributed by atoms with Gasteiger partial charge < -0.3 is 20.3 Å². The van der Waals surface area contributed by atoms with Crippen LogP contribution < -0.4 is 10.1 Å². The topological polar surface area (TPSA) is 95.9 Å². The van der Waals surface area contributed by atoms with Crippen molar-refractivity contribution in [1.29, 1.82) is 0 Å². The Balaban J connectivity index is 1.59. The lowest BCUT2D eigenvalue weighted by Gasteiger charge is -2.14. The number of benzene rings is 2. The van der Waals surface area contributed by atoms with E-state index in [2.05, 4.69) is 45.5 Å². The van der Waals surface area contributed by atoms with E-state index in [4.69, 9.17) is 9.84 Å². The summed E-state index contributed by atoms with van der Waals surface area (Å²) in [7, 11) is 0. The van der Waals surface area contributed by atoms with Crippen molar-refractivity contribution in [3.05, 3.63) is 69.0 Å². The lowest BCUT2D eigenvalue weighted by atomic mass is 10.1. The lowest BCUT2D eigenvalue weighted by molar-refractivity contribution is -0.139. The molecule has 30 heavy (non-hydrogen) atoms. The van der Waals surface area contributed by atoms with Crippen LogP contribution >= 0.6 is 27.3 Å². The highest BCUT2D eigenvalue weighted by Crippen LogP contribution is 2.46. The first-order chi connectivity index (χ1) is 14.4. The average Bonchev–Trinajstić information content (AvgIpc) is 3.26. The number of thiophene rings is 1. The maximum Gasteiger partial charge on any atom is 0.349 e. The molecule has 1 aromatic heterocycles. The summed E-state index contributed by atoms with van der Waals surface area (Å²) in [5, 5.41) is 21.9. The number of aliphatic carboxylic acids is 1. The number of fused-ring (bicyclic) bond motifs is 1. The number of halogens is 1. The van der Waals surface area contributed by atoms with Crippen LogP contribution in [0.1, 0.15) is 20.8 Å². The van der Waals surface area contributed by atoms with Crippen molar-refractivity contribution in [3.63, 3.8) is 0 Å². The van der Waals surface area contributed by atoms with Gasteiger partial charge in [-0.05, 0) is 57.6 Å². The minimum Gasteiger partial charge on any atom is -0.479 e. The van der Waals surface area contributed by atoms with Gasteiger partial charge in [0.05, 0.1) is 9.35 Å². The van der Waals surface area contributed by atoms with Gasteiger partial charge in [-0.1, -0.05) is 36.4 Å². The van der Waals surface area contributed by atoms with Gasteiger partial charge in [0.2, 0.25) is 0 Å². The number of anilines is 1. The van der Waals surface area contributed by atoms with Crippen LogP contribution in [0.25, 0.3) is 10.4 Å². The molecule has 1 heterocycles. The van der Waals surface area contributed by atoms with Gasteiger partial charge >= 0.3 is 11.9 Å². The number of nitrogens with one attached hydrogen (secondary N) is 1. The van der Waals surface area contributed by atoms with Crippen molar-refractivity contribution in [2.45, 2.75) is 18.9 Å². The molecule has 0 bridgehead atoms. The molecule has 0 fully saturated rings. The van der Waals surface area contributed by atoms with E-state index in [0.29, 0.717) is 15.4 Å². The number of carbonyl (C=O) groups is 2. The molecule has 8 heteroatoms. The highest BCUT2D eigenvalue weighted by Gasteiger charge is 2.25. The Kier molecular flexibility index (Phi) is 5.78. The molecule has 3 aromatic rings. The smallest absolute Gasteiger partial charge is 0.349 e. The third-order valence-corrected chi connectivity index (χ3v) is 7.12. The molecular formula is C22H18BrNO5S. The van der Waals surface area contributed by atoms with Gasteiger partial charge in [0.1, 0.15) is 0 Å². The Labute approximate surface area is 185 Å². The first-order valence-corrected chi connectivity index (χ1v) is 10.9. The first kappa shape index (κ1) is 20.4. The molecule has 0 atom stereocenters. The van der Waals surface area contributed by atoms with Gasteiger partial charge in [0.15, 0.2) is 17.2 Å². The van der Waals surface area contributed by atoms with Crippen molar-refractivity contribution in [2.24, 2.45) is 0 Å². The van der Waals surface area contributed by atoms with Crippen LogP contribution in [0.2, 0.25) is 0 Å². The largest absolute Gasteiger partial charge is 0.479 e. The summed E-state index contributed by atoms with van der Waals surface area (Å²) in [5.74, 6) is -2.30. The van der Waals surface area contributed by atoms with Crippen molar-refractivity contribution >= 4 is 44.9 Å². The van der Waals surface area contributed by atoms with E-state index >= 15 is 0 Å². The summed E-state index contributed by atoms with van der Waals surface area (Å²) < 4.78 is 5.68. The maximum absolute atomic E-state index is 11.6. The highest BCUT2D eigenvalue weighted by molar-refractivity contribution is 9.10. The van der Waals surface area contributed by atoms with Crippen molar-refractivity contribution in [3.8, 4) is 16.2 Å². The van der Waals surface area contributed by atoms with Crippen LogP contribution in [-0.4, -0.2) is 34.8 Å². The van der Waals surface area contributed by atoms with Crippen LogP contribution in [0, 0.1) is 0 Å². The monoisotopic (exact) mass is 487 g/mol. The number of hydrogen-bond donors (Lipinski definition) is 3. The zero-order valence-corrected chi connectivity index (χ0v) is 18.1. The Morgan fingerprint density at radius 3 is 2.43 bits per heavy atom. The van der Waals surface area contributed by atoms with E-state index in [0.717, 1.165) is 35.4 Å². The molecule has 154 valence electrons. The second kappa shape index (κ2) is 8.49. The molecular weight excluding hydrogens is 470 g/mol. The summed E-state index contributed by atoms with van der Waals surface area (Å²) in [6.07, 6.45) is 1.92. The zero-order valence-electron chi connectivity index (χ0n) is 15.7. The number of ether oxygens (including phenoxy) is 1. The number of rotatable bonds is 7. The van der Waals surface area contributed by atoms with Crippen LogP contribution in [-0.2, 0) is 17.6 Å². The summed E-state index contributed by atoms with van der Waals surface area (Å²) in [6, 6.07) is 16.5. The Morgan fingerprint density at radius 1 is 1.10 bits per heavy atom. The van der Waals surface area contributed by atoms with Gasteiger partial charge in [-0.3, -0.25) is 0 Å². The second-order valence-corrected chi connectivity index (χ2v) is 8.80. The second-order valence-electron chi connectivity index (χ2n) is 6.99. The van der Waals surface area contributed by atoms with Crippen LogP contribution in [0.5, 0.6) is 5.75 Å². The third kappa shape index (κ3) is 4.20. The predicted octanol–water partition coefficient (Wildman–Crippen LogP) is 4.92. The van der Waals surface area contributed by atoms with E-state index < -0.39 is 18.5 Å². The predicted molar refractivity (Wildman–Crippen MR) is 119 cm³/mol. The van der Waals surface area contributed by atoms with Gasteiger partial charge in [0.25, 0.3) is 0 Å². The molecule has 0 spiro atoms. The van der Waals surface area contributed by atoms with E-state index in [1.165, 1.54) is 11.1 Å². The van der Waals surface area contributed by atoms with Gasteiger partial charge in [-0.15, -0.1) is 11.3 Å². The minimum atomic E-state index is -1.17. The van der Waals surface area contributed by atoms with Crippen LogP contribution in [0.15, 0.2) is 53.0 Å². The van der Waals surface area contributed by atoms with Gasteiger partial charge in [-0.25, -0.2) is 9.59 Å². The summed E-state index contributed by atoms with van der Waals surface area (Å²) >= 11 is 4.45. The van der Waals surface area contributed by atoms with Crippen LogP contribution in [0.4, 0.5) is 5.69 Å². The van der Waals surface area contributed by atoms with E-state index in [9.17, 15) is 14.7 Å². The molecule has 0 radical (unpaired) electrons. The summed E-state index contributed by atoms with van der Waals surface area (Å²) in [4.78, 5) is 23.1. The molecule has 0 aliphatic heterocycles. The maximum atomic E-state index is 11.6. The van der Waals surface area contributed by atoms with Gasteiger partial charge in [0, 0.05) is 11.7 Å². The fourth-order valence-corrected chi connectivity index (χ4v) is 5.52. The normalized spacial score (nSPS) is 13.1. The number of aromatic carboxylic acids is 1. The number of hydrogen-bond acceptors (Lipinski definition) is 5. The van der Waals surface area contributed by atoms with Crippen molar-refractivity contribution in [2.75, 3.05) is 11.9 Å². The molecule has 0 saturated heterocycles. The third-order valence-electron chi connectivity index (χ3n) is 4.89. The van der Waals surface area contributed by atoms with Crippen LogP contribution in [0.3, 0.4) is 0 Å². The Morgan fingerprint density at radius 2 is 1.80 bits per heavy atom. The Hall–Kier alpha value is -2.84. The molecule has 0 saturated carbocycles. The average molecular weight is 488 g/mol. The molecule has 2 aromatic carbocycles. The fraction of sp³-hybridized carbons (Fsp3) is 0.182. The Bertz CT molecular complexity index is 1100. The first-order valence-electron chi connectivity index (χ1n) is 9.26. The molecule has 1 aliphatic carbocycles. The van der Waals surface area contributed by atoms with E-state index in [-0.39, 0.29) is 10.6 Å². The highest BCUT2D eigenvalue weighted by atomic mass is 79.9. The fourth-order valence-electron chi connectivity index (χ4n) is 3.63. The van der Waals surface area contributed by atoms with Gasteiger partial charge in [-0.2, -0.15) is 0 Å². The van der Waals surface area contributed by atoms with Crippen molar-refractivity contribution < 1.29 is 24.5 Å². The number of carboxylic acids is 2. The zero-order chi connectivity index (χ0) is 21.3. The standard InChI is InChI=1S/C22H18BrNO5S/c23-18-19(29-11-17(25)26)21(22(27)28)30-20(18)14-6-3-7-15(10-14)24-16-8-12-4-1-2-5-13(12)9-16/h1-7,10,16,24H,8-9,11H2,(H,25,26)(H,27,28). The summed E-state index contributed by atoms with van der Waals surface area (Å²) in [6.45, 7) is -0.612. The lowest BCUT2D eigenvalue weighted by Crippen LogP contribution is -2.19. The van der Waals surface area contributed by atoms with E-state index in [1.807, 2.05) is 24.3 Å².